The number of carbonyl (C=O) groups excluding carboxylic acids is 2. The van der Waals surface area contributed by atoms with E-state index in [-0.39, 0.29) is 11.8 Å². The first kappa shape index (κ1) is 18.6. The van der Waals surface area contributed by atoms with Gasteiger partial charge in [0.1, 0.15) is 0 Å². The largest absolute Gasteiger partial charge is 0.274 e. The highest BCUT2D eigenvalue weighted by atomic mass is 16.2. The van der Waals surface area contributed by atoms with Crippen molar-refractivity contribution in [2.75, 3.05) is 4.90 Å². The minimum Gasteiger partial charge on any atom is -0.274 e. The van der Waals surface area contributed by atoms with Crippen LogP contribution in [0, 0.1) is 25.7 Å². The van der Waals surface area contributed by atoms with E-state index in [4.69, 9.17) is 0 Å². The molecule has 3 nitrogen and oxygen atoms in total. The second kappa shape index (κ2) is 5.73. The summed E-state index contributed by atoms with van der Waals surface area (Å²) in [5, 5.41) is 0. The number of hydrogen-bond acceptors (Lipinski definition) is 2. The van der Waals surface area contributed by atoms with Crippen LogP contribution in [-0.4, -0.2) is 11.8 Å². The van der Waals surface area contributed by atoms with Crippen molar-refractivity contribution in [3.63, 3.8) is 0 Å². The van der Waals surface area contributed by atoms with E-state index in [1.807, 2.05) is 32.0 Å². The molecule has 31 heavy (non-hydrogen) atoms. The Hall–Kier alpha value is -3.20. The van der Waals surface area contributed by atoms with Gasteiger partial charge in [0.15, 0.2) is 0 Å². The lowest BCUT2D eigenvalue weighted by Crippen LogP contribution is -2.59. The molecule has 2 amide bonds. The monoisotopic (exact) mass is 407 g/mol. The lowest BCUT2D eigenvalue weighted by atomic mass is 9.42. The average Bonchev–Trinajstić information content (AvgIpc) is 3.04. The Kier molecular flexibility index (Phi) is 3.43. The Morgan fingerprint density at radius 2 is 1.10 bits per heavy atom. The third-order valence-corrected chi connectivity index (χ3v) is 8.24. The average molecular weight is 408 g/mol. The molecule has 3 aromatic carbocycles. The summed E-state index contributed by atoms with van der Waals surface area (Å²) in [7, 11) is 0. The topological polar surface area (TPSA) is 37.4 Å². The Morgan fingerprint density at radius 3 is 1.48 bits per heavy atom. The van der Waals surface area contributed by atoms with Gasteiger partial charge in [-0.2, -0.15) is 0 Å². The SMILES string of the molecule is Cc1ccc(N2C(=O)[C@H]3[C@H](C2=O)C2(C)c4ccccc4C3(C)c3ccccc32)c(C)c1. The predicted molar refractivity (Wildman–Crippen MR) is 121 cm³/mol. The first-order valence-corrected chi connectivity index (χ1v) is 11.0. The molecular formula is C28H25NO2. The summed E-state index contributed by atoms with van der Waals surface area (Å²) in [6.45, 7) is 8.33. The molecule has 4 aliphatic rings. The summed E-state index contributed by atoms with van der Waals surface area (Å²) in [5.74, 6) is -0.953. The number of amides is 2. The van der Waals surface area contributed by atoms with Crippen LogP contribution < -0.4 is 4.90 Å². The molecule has 3 heteroatoms. The minimum atomic E-state index is -0.532. The molecule has 2 atom stereocenters. The van der Waals surface area contributed by atoms with E-state index >= 15 is 0 Å². The Labute approximate surface area is 182 Å². The summed E-state index contributed by atoms with van der Waals surface area (Å²) in [5.41, 5.74) is 6.46. The van der Waals surface area contributed by atoms with Crippen LogP contribution >= 0.6 is 0 Å². The van der Waals surface area contributed by atoms with Gasteiger partial charge in [0.2, 0.25) is 11.8 Å². The predicted octanol–water partition coefficient (Wildman–Crippen LogP) is 5.05. The van der Waals surface area contributed by atoms with Crippen molar-refractivity contribution in [3.8, 4) is 0 Å². The molecule has 0 spiro atoms. The molecule has 1 fully saturated rings. The van der Waals surface area contributed by atoms with Crippen molar-refractivity contribution in [2.45, 2.75) is 38.5 Å². The van der Waals surface area contributed by atoms with Gasteiger partial charge in [-0.05, 0) is 47.7 Å². The van der Waals surface area contributed by atoms with E-state index in [0.717, 1.165) is 16.8 Å². The summed E-state index contributed by atoms with van der Waals surface area (Å²) in [6, 6.07) is 22.7. The summed E-state index contributed by atoms with van der Waals surface area (Å²) >= 11 is 0. The van der Waals surface area contributed by atoms with E-state index in [9.17, 15) is 9.59 Å². The first-order chi connectivity index (χ1) is 14.8. The molecule has 0 N–H and O–H groups in total. The smallest absolute Gasteiger partial charge is 0.238 e. The molecule has 2 bridgehead atoms. The van der Waals surface area contributed by atoms with Gasteiger partial charge in [0.05, 0.1) is 17.5 Å². The van der Waals surface area contributed by atoms with E-state index in [1.165, 1.54) is 27.2 Å². The van der Waals surface area contributed by atoms with Gasteiger partial charge in [-0.15, -0.1) is 0 Å². The molecule has 1 saturated heterocycles. The van der Waals surface area contributed by atoms with Crippen LogP contribution in [0.25, 0.3) is 0 Å². The van der Waals surface area contributed by atoms with Gasteiger partial charge < -0.3 is 0 Å². The fraction of sp³-hybridized carbons (Fsp3) is 0.286. The van der Waals surface area contributed by atoms with Crippen LogP contribution in [0.15, 0.2) is 66.7 Å². The lowest BCUT2D eigenvalue weighted by molar-refractivity contribution is -0.124. The van der Waals surface area contributed by atoms with Crippen molar-refractivity contribution in [1.29, 1.82) is 0 Å². The number of carbonyl (C=O) groups is 2. The van der Waals surface area contributed by atoms with Crippen LogP contribution in [-0.2, 0) is 20.4 Å². The lowest BCUT2D eigenvalue weighted by Gasteiger charge is -2.57. The Morgan fingerprint density at radius 1 is 0.677 bits per heavy atom. The maximum absolute atomic E-state index is 14.0. The summed E-state index contributed by atoms with van der Waals surface area (Å²) in [6.07, 6.45) is 0. The molecule has 0 saturated carbocycles. The molecule has 0 aromatic heterocycles. The van der Waals surface area contributed by atoms with Crippen molar-refractivity contribution < 1.29 is 9.59 Å². The maximum Gasteiger partial charge on any atom is 0.238 e. The van der Waals surface area contributed by atoms with Crippen LogP contribution in [0.3, 0.4) is 0 Å². The molecule has 1 heterocycles. The molecular weight excluding hydrogens is 382 g/mol. The number of aryl methyl sites for hydroxylation is 2. The van der Waals surface area contributed by atoms with Crippen LogP contribution in [0.5, 0.6) is 0 Å². The van der Waals surface area contributed by atoms with Crippen molar-refractivity contribution in [1.82, 2.24) is 0 Å². The molecule has 0 unspecified atom stereocenters. The number of rotatable bonds is 1. The normalized spacial score (nSPS) is 30.3. The quantitative estimate of drug-likeness (QED) is 0.530. The standard InChI is InChI=1S/C28H25NO2/c1-16-13-14-22(17(2)15-16)29-25(30)23-24(26(29)31)28(4)20-11-7-5-9-18(20)27(23,3)19-10-6-8-12-21(19)28/h5-15,23-24H,1-4H3/t23-,24-,27?,28?/m1/s1. The van der Waals surface area contributed by atoms with E-state index in [1.54, 1.807) is 0 Å². The molecule has 3 aromatic rings. The summed E-state index contributed by atoms with van der Waals surface area (Å²) in [4.78, 5) is 29.6. The van der Waals surface area contributed by atoms with Crippen LogP contribution in [0.4, 0.5) is 5.69 Å². The number of nitrogens with zero attached hydrogens (tertiary/aromatic N) is 1. The third-order valence-electron chi connectivity index (χ3n) is 8.24. The summed E-state index contributed by atoms with van der Waals surface area (Å²) < 4.78 is 0. The zero-order valence-corrected chi connectivity index (χ0v) is 18.3. The molecule has 1 aliphatic heterocycles. The Balaban J connectivity index is 1.66. The number of benzene rings is 3. The second-order valence-corrected chi connectivity index (χ2v) is 9.75. The highest BCUT2D eigenvalue weighted by molar-refractivity contribution is 6.24. The molecule has 0 radical (unpaired) electrons. The third kappa shape index (κ3) is 1.96. The van der Waals surface area contributed by atoms with Gasteiger partial charge in [0, 0.05) is 10.8 Å². The second-order valence-electron chi connectivity index (χ2n) is 9.75. The van der Waals surface area contributed by atoms with Gasteiger partial charge in [-0.25, -0.2) is 4.90 Å². The first-order valence-electron chi connectivity index (χ1n) is 11.0. The highest BCUT2D eigenvalue weighted by Gasteiger charge is 2.70. The fourth-order valence-corrected chi connectivity index (χ4v) is 6.86. The molecule has 3 aliphatic carbocycles. The van der Waals surface area contributed by atoms with E-state index in [2.05, 4.69) is 62.4 Å². The number of anilines is 1. The highest BCUT2D eigenvalue weighted by Crippen LogP contribution is 2.66. The molecule has 7 rings (SSSR count). The minimum absolute atomic E-state index is 0.0697. The Bertz CT molecular complexity index is 1180. The number of hydrogen-bond donors (Lipinski definition) is 0. The zero-order chi connectivity index (χ0) is 21.7. The van der Waals surface area contributed by atoms with Crippen molar-refractivity contribution >= 4 is 17.5 Å². The van der Waals surface area contributed by atoms with Gasteiger partial charge in [-0.3, -0.25) is 9.59 Å². The van der Waals surface area contributed by atoms with E-state index in [0.29, 0.717) is 0 Å². The van der Waals surface area contributed by atoms with Crippen molar-refractivity contribution in [3.05, 3.63) is 100 Å². The zero-order valence-electron chi connectivity index (χ0n) is 18.3. The number of imide groups is 1. The van der Waals surface area contributed by atoms with Gasteiger partial charge >= 0.3 is 0 Å². The van der Waals surface area contributed by atoms with Gasteiger partial charge in [0.25, 0.3) is 0 Å². The van der Waals surface area contributed by atoms with E-state index < -0.39 is 22.7 Å². The van der Waals surface area contributed by atoms with Crippen molar-refractivity contribution in [2.24, 2.45) is 11.8 Å². The fourth-order valence-electron chi connectivity index (χ4n) is 6.86. The van der Waals surface area contributed by atoms with Gasteiger partial charge in [-0.1, -0.05) is 80.1 Å². The van der Waals surface area contributed by atoms with Crippen LogP contribution in [0.1, 0.15) is 47.2 Å². The molecule has 154 valence electrons. The maximum atomic E-state index is 14.0. The van der Waals surface area contributed by atoms with Crippen LogP contribution in [0.2, 0.25) is 0 Å².